The van der Waals surface area contributed by atoms with E-state index < -0.39 is 6.03 Å². The van der Waals surface area contributed by atoms with E-state index in [1.54, 1.807) is 0 Å². The molecule has 3 amide bonds. The Morgan fingerprint density at radius 2 is 1.86 bits per heavy atom. The van der Waals surface area contributed by atoms with Crippen LogP contribution in [0.1, 0.15) is 25.8 Å². The standard InChI is InChI=1S/C16H24ClN3O2/c1-12(2)8-9-18-16(22)19-15(21)11-20(3)10-13-4-6-14(17)7-5-13/h4-7,12H,8-11H2,1-3H3,(H2,18,19,21,22)/p+1. The van der Waals surface area contributed by atoms with E-state index in [1.807, 2.05) is 31.3 Å². The molecule has 1 unspecified atom stereocenters. The number of urea groups is 1. The maximum Gasteiger partial charge on any atom is 0.321 e. The molecule has 0 bridgehead atoms. The van der Waals surface area contributed by atoms with Crippen molar-refractivity contribution in [2.75, 3.05) is 20.1 Å². The van der Waals surface area contributed by atoms with Gasteiger partial charge in [0.15, 0.2) is 6.54 Å². The molecule has 1 aromatic carbocycles. The molecule has 3 N–H and O–H groups in total. The number of nitrogens with one attached hydrogen (secondary N) is 3. The fourth-order valence-electron chi connectivity index (χ4n) is 1.98. The van der Waals surface area contributed by atoms with E-state index >= 15 is 0 Å². The Labute approximate surface area is 137 Å². The molecular formula is C16H25ClN3O2+. The van der Waals surface area contributed by atoms with E-state index in [4.69, 9.17) is 11.6 Å². The highest BCUT2D eigenvalue weighted by Gasteiger charge is 2.13. The summed E-state index contributed by atoms with van der Waals surface area (Å²) in [7, 11) is 1.91. The summed E-state index contributed by atoms with van der Waals surface area (Å²) in [5, 5.41) is 5.72. The molecular weight excluding hydrogens is 302 g/mol. The average molecular weight is 327 g/mol. The molecule has 1 aromatic rings. The third-order valence-electron chi connectivity index (χ3n) is 3.14. The highest BCUT2D eigenvalue weighted by atomic mass is 35.5. The first-order chi connectivity index (χ1) is 10.4. The van der Waals surface area contributed by atoms with Gasteiger partial charge in [-0.3, -0.25) is 10.1 Å². The van der Waals surface area contributed by atoms with Crippen LogP contribution < -0.4 is 15.5 Å². The van der Waals surface area contributed by atoms with Gasteiger partial charge in [0.25, 0.3) is 5.91 Å². The fraction of sp³-hybridized carbons (Fsp3) is 0.500. The second kappa shape index (κ2) is 9.43. The van der Waals surface area contributed by atoms with Gasteiger partial charge in [-0.1, -0.05) is 37.6 Å². The summed E-state index contributed by atoms with van der Waals surface area (Å²) < 4.78 is 0. The maximum atomic E-state index is 11.8. The van der Waals surface area contributed by atoms with Crippen molar-refractivity contribution in [3.8, 4) is 0 Å². The number of rotatable bonds is 7. The predicted octanol–water partition coefficient (Wildman–Crippen LogP) is 1.23. The molecule has 0 radical (unpaired) electrons. The molecule has 22 heavy (non-hydrogen) atoms. The van der Waals surface area contributed by atoms with Crippen molar-refractivity contribution in [2.45, 2.75) is 26.8 Å². The zero-order valence-electron chi connectivity index (χ0n) is 13.4. The van der Waals surface area contributed by atoms with Crippen molar-refractivity contribution in [2.24, 2.45) is 5.92 Å². The molecule has 1 rings (SSSR count). The third-order valence-corrected chi connectivity index (χ3v) is 3.39. The number of benzene rings is 1. The number of amides is 3. The summed E-state index contributed by atoms with van der Waals surface area (Å²) >= 11 is 5.84. The van der Waals surface area contributed by atoms with Crippen LogP contribution in [0.4, 0.5) is 4.79 Å². The summed E-state index contributed by atoms with van der Waals surface area (Å²) in [5.74, 6) is 0.236. The molecule has 1 atom stereocenters. The number of carbonyl (C=O) groups excluding carboxylic acids is 2. The summed E-state index contributed by atoms with van der Waals surface area (Å²) in [4.78, 5) is 24.3. The second-order valence-corrected chi connectivity index (χ2v) is 6.36. The van der Waals surface area contributed by atoms with Crippen molar-refractivity contribution >= 4 is 23.5 Å². The average Bonchev–Trinajstić information content (AvgIpc) is 2.40. The summed E-state index contributed by atoms with van der Waals surface area (Å²) in [5.41, 5.74) is 1.09. The van der Waals surface area contributed by atoms with E-state index in [0.29, 0.717) is 24.0 Å². The summed E-state index contributed by atoms with van der Waals surface area (Å²) in [6.45, 7) is 5.67. The molecule has 0 aliphatic rings. The van der Waals surface area contributed by atoms with Crippen LogP contribution in [0.15, 0.2) is 24.3 Å². The van der Waals surface area contributed by atoms with E-state index in [-0.39, 0.29) is 12.5 Å². The lowest BCUT2D eigenvalue weighted by atomic mass is 10.1. The Bertz CT molecular complexity index is 489. The molecule has 0 aromatic heterocycles. The van der Waals surface area contributed by atoms with Gasteiger partial charge in [0, 0.05) is 17.1 Å². The number of carbonyl (C=O) groups is 2. The summed E-state index contributed by atoms with van der Waals surface area (Å²) in [6, 6.07) is 7.09. The normalized spacial score (nSPS) is 12.0. The van der Waals surface area contributed by atoms with Crippen molar-refractivity contribution in [3.63, 3.8) is 0 Å². The maximum absolute atomic E-state index is 11.8. The van der Waals surface area contributed by atoms with Crippen LogP contribution in [0.2, 0.25) is 5.02 Å². The summed E-state index contributed by atoms with van der Waals surface area (Å²) in [6.07, 6.45) is 0.892. The number of halogens is 1. The van der Waals surface area contributed by atoms with Gasteiger partial charge in [-0.15, -0.1) is 0 Å². The van der Waals surface area contributed by atoms with E-state index in [2.05, 4.69) is 24.5 Å². The van der Waals surface area contributed by atoms with Crippen LogP contribution in [0.3, 0.4) is 0 Å². The van der Waals surface area contributed by atoms with Gasteiger partial charge in [-0.05, 0) is 24.5 Å². The van der Waals surface area contributed by atoms with Crippen LogP contribution in [-0.2, 0) is 11.3 Å². The molecule has 5 nitrogen and oxygen atoms in total. The van der Waals surface area contributed by atoms with Gasteiger partial charge in [0.2, 0.25) is 0 Å². The SMILES string of the molecule is CC(C)CCNC(=O)NC(=O)C[NH+](C)Cc1ccc(Cl)cc1. The molecule has 6 heteroatoms. The molecule has 0 fully saturated rings. The molecule has 122 valence electrons. The van der Waals surface area contributed by atoms with Crippen molar-refractivity contribution in [3.05, 3.63) is 34.9 Å². The molecule has 0 saturated heterocycles. The molecule has 0 aliphatic heterocycles. The highest BCUT2D eigenvalue weighted by molar-refractivity contribution is 6.30. The molecule has 0 aliphatic carbocycles. The first-order valence-corrected chi connectivity index (χ1v) is 7.88. The van der Waals surface area contributed by atoms with Crippen LogP contribution in [-0.4, -0.2) is 32.1 Å². The van der Waals surface area contributed by atoms with Crippen LogP contribution in [0, 0.1) is 5.92 Å². The van der Waals surface area contributed by atoms with Gasteiger partial charge in [-0.2, -0.15) is 0 Å². The van der Waals surface area contributed by atoms with Crippen molar-refractivity contribution in [1.82, 2.24) is 10.6 Å². The predicted molar refractivity (Wildman–Crippen MR) is 87.9 cm³/mol. The smallest absolute Gasteiger partial charge is 0.321 e. The number of hydrogen-bond donors (Lipinski definition) is 3. The minimum Gasteiger partial charge on any atom is -0.338 e. The van der Waals surface area contributed by atoms with E-state index in [1.165, 1.54) is 0 Å². The Kier molecular flexibility index (Phi) is 7.91. The Balaban J connectivity index is 2.28. The highest BCUT2D eigenvalue weighted by Crippen LogP contribution is 2.08. The number of hydrogen-bond acceptors (Lipinski definition) is 2. The first kappa shape index (κ1) is 18.5. The quantitative estimate of drug-likeness (QED) is 0.705. The van der Waals surface area contributed by atoms with E-state index in [9.17, 15) is 9.59 Å². The van der Waals surface area contributed by atoms with Gasteiger partial charge in [-0.25, -0.2) is 4.79 Å². The van der Waals surface area contributed by atoms with E-state index in [0.717, 1.165) is 16.9 Å². The molecule has 0 saturated carbocycles. The lowest BCUT2D eigenvalue weighted by Gasteiger charge is -2.14. The second-order valence-electron chi connectivity index (χ2n) is 5.92. The Morgan fingerprint density at radius 3 is 2.45 bits per heavy atom. The van der Waals surface area contributed by atoms with Crippen molar-refractivity contribution in [1.29, 1.82) is 0 Å². The third kappa shape index (κ3) is 8.00. The lowest BCUT2D eigenvalue weighted by molar-refractivity contribution is -0.885. The molecule has 0 heterocycles. The topological polar surface area (TPSA) is 62.6 Å². The fourth-order valence-corrected chi connectivity index (χ4v) is 2.10. The number of quaternary nitrogens is 1. The van der Waals surface area contributed by atoms with Crippen LogP contribution >= 0.6 is 11.6 Å². The largest absolute Gasteiger partial charge is 0.338 e. The van der Waals surface area contributed by atoms with Gasteiger partial charge in [0.05, 0.1) is 7.05 Å². The Morgan fingerprint density at radius 1 is 1.23 bits per heavy atom. The first-order valence-electron chi connectivity index (χ1n) is 7.50. The number of likely N-dealkylation sites (N-methyl/N-ethyl adjacent to an activating group) is 1. The lowest BCUT2D eigenvalue weighted by Crippen LogP contribution is -3.09. The van der Waals surface area contributed by atoms with Gasteiger partial charge < -0.3 is 10.2 Å². The van der Waals surface area contributed by atoms with Gasteiger partial charge >= 0.3 is 6.03 Å². The van der Waals surface area contributed by atoms with Crippen LogP contribution in [0.5, 0.6) is 0 Å². The molecule has 0 spiro atoms. The minimum absolute atomic E-state index is 0.236. The van der Waals surface area contributed by atoms with Gasteiger partial charge in [0.1, 0.15) is 6.54 Å². The van der Waals surface area contributed by atoms with Crippen molar-refractivity contribution < 1.29 is 14.5 Å². The van der Waals surface area contributed by atoms with Crippen LogP contribution in [0.25, 0.3) is 0 Å². The Hall–Kier alpha value is -1.59. The minimum atomic E-state index is -0.426. The zero-order valence-corrected chi connectivity index (χ0v) is 14.2. The monoisotopic (exact) mass is 326 g/mol. The number of imide groups is 1. The zero-order chi connectivity index (χ0) is 16.5.